The van der Waals surface area contributed by atoms with Crippen LogP contribution in [0, 0.1) is 0 Å². The second kappa shape index (κ2) is 4.96. The summed E-state index contributed by atoms with van der Waals surface area (Å²) in [7, 11) is 0. The molecule has 1 aliphatic carbocycles. The van der Waals surface area contributed by atoms with Gasteiger partial charge in [-0.2, -0.15) is 0 Å². The number of hydrogen-bond acceptors (Lipinski definition) is 1. The maximum atomic E-state index is 12.1. The first-order chi connectivity index (χ1) is 8.03. The molecule has 0 bridgehead atoms. The average molecular weight is 241 g/mol. The fourth-order valence-electron chi connectivity index (χ4n) is 1.83. The maximum absolute atomic E-state index is 12.1. The van der Waals surface area contributed by atoms with Crippen LogP contribution in [0.25, 0.3) is 0 Å². The van der Waals surface area contributed by atoms with Gasteiger partial charge in [0, 0.05) is 0 Å². The van der Waals surface area contributed by atoms with Gasteiger partial charge >= 0.3 is 6.98 Å². The highest BCUT2D eigenvalue weighted by molar-refractivity contribution is 6.64. The lowest BCUT2D eigenvalue weighted by Crippen LogP contribution is -2.26. The topological polar surface area (TPSA) is 9.23 Å². The normalized spacial score (nSPS) is 19.9. The van der Waals surface area contributed by atoms with E-state index in [9.17, 15) is 12.9 Å². The molecular formula is C12H13BF3O-. The number of ether oxygens (including phenoxy) is 1. The lowest BCUT2D eigenvalue weighted by Gasteiger charge is -2.31. The van der Waals surface area contributed by atoms with E-state index in [1.54, 1.807) is 0 Å². The molecule has 1 saturated carbocycles. The molecule has 17 heavy (non-hydrogen) atoms. The van der Waals surface area contributed by atoms with Crippen molar-refractivity contribution >= 4 is 6.98 Å². The van der Waals surface area contributed by atoms with Crippen molar-refractivity contribution in [2.75, 3.05) is 0 Å². The van der Waals surface area contributed by atoms with Crippen LogP contribution in [0.5, 0.6) is 0 Å². The van der Waals surface area contributed by atoms with Gasteiger partial charge < -0.3 is 17.7 Å². The summed E-state index contributed by atoms with van der Waals surface area (Å²) >= 11 is 0. The molecule has 1 fully saturated rings. The van der Waals surface area contributed by atoms with E-state index in [1.807, 2.05) is 30.3 Å². The summed E-state index contributed by atoms with van der Waals surface area (Å²) in [5.74, 6) is 0.447. The first kappa shape index (κ1) is 12.2. The van der Waals surface area contributed by atoms with Crippen molar-refractivity contribution in [3.05, 3.63) is 47.4 Å². The molecule has 92 valence electrons. The van der Waals surface area contributed by atoms with Crippen molar-refractivity contribution < 1.29 is 17.7 Å². The Morgan fingerprint density at radius 3 is 2.41 bits per heavy atom. The minimum atomic E-state index is -4.79. The third-order valence-electron chi connectivity index (χ3n) is 2.73. The maximum Gasteiger partial charge on any atom is 0.502 e. The molecule has 5 heteroatoms. The van der Waals surface area contributed by atoms with Crippen LogP contribution in [0.3, 0.4) is 0 Å². The fourth-order valence-corrected chi connectivity index (χ4v) is 1.83. The smallest absolute Gasteiger partial charge is 0.445 e. The number of halogens is 3. The van der Waals surface area contributed by atoms with E-state index < -0.39 is 6.98 Å². The summed E-state index contributed by atoms with van der Waals surface area (Å²) < 4.78 is 41.7. The van der Waals surface area contributed by atoms with Crippen LogP contribution >= 0.6 is 0 Å². The Morgan fingerprint density at radius 2 is 1.82 bits per heavy atom. The SMILES string of the molecule is F[B-](F)(F)C=C1CC(OCc2ccccc2)C1. The molecule has 2 rings (SSSR count). The molecule has 0 radical (unpaired) electrons. The van der Waals surface area contributed by atoms with E-state index in [-0.39, 0.29) is 6.10 Å². The van der Waals surface area contributed by atoms with Crippen molar-refractivity contribution in [1.82, 2.24) is 0 Å². The Bertz CT molecular complexity index is 392. The molecule has 0 atom stereocenters. The highest BCUT2D eigenvalue weighted by Gasteiger charge is 2.28. The Balaban J connectivity index is 1.73. The van der Waals surface area contributed by atoms with Crippen LogP contribution in [0.1, 0.15) is 18.4 Å². The molecule has 0 saturated heterocycles. The minimum Gasteiger partial charge on any atom is -0.445 e. The molecule has 0 spiro atoms. The molecule has 0 aliphatic heterocycles. The Morgan fingerprint density at radius 1 is 1.18 bits per heavy atom. The molecule has 1 aromatic rings. The van der Waals surface area contributed by atoms with Crippen molar-refractivity contribution in [2.24, 2.45) is 0 Å². The molecule has 0 amide bonds. The van der Waals surface area contributed by atoms with E-state index in [4.69, 9.17) is 4.74 Å². The Labute approximate surface area is 98.3 Å². The van der Waals surface area contributed by atoms with Crippen LogP contribution in [0.2, 0.25) is 0 Å². The van der Waals surface area contributed by atoms with E-state index >= 15 is 0 Å². The number of benzene rings is 1. The lowest BCUT2D eigenvalue weighted by molar-refractivity contribution is 0.0164. The van der Waals surface area contributed by atoms with Gasteiger partial charge in [-0.1, -0.05) is 35.9 Å². The van der Waals surface area contributed by atoms with Gasteiger partial charge in [-0.05, 0) is 18.4 Å². The third kappa shape index (κ3) is 3.93. The highest BCUT2D eigenvalue weighted by Crippen LogP contribution is 2.32. The van der Waals surface area contributed by atoms with Gasteiger partial charge in [-0.3, -0.25) is 0 Å². The van der Waals surface area contributed by atoms with Crippen molar-refractivity contribution in [1.29, 1.82) is 0 Å². The summed E-state index contributed by atoms with van der Waals surface area (Å²) in [4.78, 5) is 0. The molecule has 1 aliphatic rings. The largest absolute Gasteiger partial charge is 0.502 e. The van der Waals surface area contributed by atoms with E-state index in [1.165, 1.54) is 0 Å². The fraction of sp³-hybridized carbons (Fsp3) is 0.333. The van der Waals surface area contributed by atoms with Gasteiger partial charge in [0.1, 0.15) is 0 Å². The van der Waals surface area contributed by atoms with Crippen LogP contribution in [0.4, 0.5) is 12.9 Å². The van der Waals surface area contributed by atoms with Crippen LogP contribution in [-0.4, -0.2) is 13.1 Å². The monoisotopic (exact) mass is 241 g/mol. The Kier molecular flexibility index (Phi) is 3.57. The standard InChI is InChI=1S/C12H13BF3O/c14-13(15,16)8-11-6-12(7-11)17-9-10-4-2-1-3-5-10/h1-5,8,12H,6-7,9H2/q-1. The summed E-state index contributed by atoms with van der Waals surface area (Å²) in [6.45, 7) is -4.32. The molecule has 1 nitrogen and oxygen atoms in total. The predicted molar refractivity (Wildman–Crippen MR) is 61.4 cm³/mol. The minimum absolute atomic E-state index is 0.0559. The lowest BCUT2D eigenvalue weighted by atomic mass is 9.79. The second-order valence-electron chi connectivity index (χ2n) is 4.28. The quantitative estimate of drug-likeness (QED) is 0.730. The average Bonchev–Trinajstić information content (AvgIpc) is 2.21. The second-order valence-corrected chi connectivity index (χ2v) is 4.28. The zero-order chi connectivity index (χ0) is 12.3. The van der Waals surface area contributed by atoms with Gasteiger partial charge in [0.15, 0.2) is 0 Å². The predicted octanol–water partition coefficient (Wildman–Crippen LogP) is 3.68. The summed E-state index contributed by atoms with van der Waals surface area (Å²) in [5, 5.41) is 0. The zero-order valence-corrected chi connectivity index (χ0v) is 9.28. The van der Waals surface area contributed by atoms with Crippen molar-refractivity contribution in [3.8, 4) is 0 Å². The number of hydrogen-bond donors (Lipinski definition) is 0. The third-order valence-corrected chi connectivity index (χ3v) is 2.73. The van der Waals surface area contributed by atoms with E-state index in [0.717, 1.165) is 5.56 Å². The number of rotatable bonds is 4. The van der Waals surface area contributed by atoms with Crippen molar-refractivity contribution in [2.45, 2.75) is 25.6 Å². The van der Waals surface area contributed by atoms with Crippen LogP contribution in [0.15, 0.2) is 41.9 Å². The zero-order valence-electron chi connectivity index (χ0n) is 9.28. The van der Waals surface area contributed by atoms with Crippen molar-refractivity contribution in [3.63, 3.8) is 0 Å². The Hall–Kier alpha value is -1.23. The van der Waals surface area contributed by atoms with Gasteiger partial charge in [-0.25, -0.2) is 0 Å². The molecule has 0 heterocycles. The summed E-state index contributed by atoms with van der Waals surface area (Å²) in [5.41, 5.74) is 1.50. The van der Waals surface area contributed by atoms with Gasteiger partial charge in [0.25, 0.3) is 0 Å². The van der Waals surface area contributed by atoms with Crippen LogP contribution < -0.4 is 0 Å². The molecule has 0 unspecified atom stereocenters. The molecule has 0 aromatic heterocycles. The van der Waals surface area contributed by atoms with Gasteiger partial charge in [0.2, 0.25) is 0 Å². The first-order valence-corrected chi connectivity index (χ1v) is 5.59. The van der Waals surface area contributed by atoms with Gasteiger partial charge in [0.05, 0.1) is 12.7 Å². The molecule has 1 aromatic carbocycles. The highest BCUT2D eigenvalue weighted by atomic mass is 19.4. The van der Waals surface area contributed by atoms with Gasteiger partial charge in [-0.15, -0.1) is 5.98 Å². The van der Waals surface area contributed by atoms with E-state index in [2.05, 4.69) is 0 Å². The van der Waals surface area contributed by atoms with Crippen LogP contribution in [-0.2, 0) is 11.3 Å². The molecular weight excluding hydrogens is 228 g/mol. The summed E-state index contributed by atoms with van der Waals surface area (Å²) in [6, 6.07) is 9.62. The van der Waals surface area contributed by atoms with E-state index in [0.29, 0.717) is 31.0 Å². The summed E-state index contributed by atoms with van der Waals surface area (Å²) in [6.07, 6.45) is 0.766. The molecule has 0 N–H and O–H groups in total. The first-order valence-electron chi connectivity index (χ1n) is 5.59.